The van der Waals surface area contributed by atoms with Gasteiger partial charge >= 0.3 is 0 Å². The first-order valence-corrected chi connectivity index (χ1v) is 10.9. The van der Waals surface area contributed by atoms with Crippen molar-refractivity contribution < 1.29 is 0 Å². The van der Waals surface area contributed by atoms with Crippen LogP contribution in [0.5, 0.6) is 0 Å². The van der Waals surface area contributed by atoms with Crippen LogP contribution in [-0.2, 0) is 13.0 Å². The van der Waals surface area contributed by atoms with E-state index in [1.54, 1.807) is 41.2 Å². The van der Waals surface area contributed by atoms with Crippen molar-refractivity contribution in [3.05, 3.63) is 68.7 Å². The second kappa shape index (κ2) is 9.26. The van der Waals surface area contributed by atoms with Crippen LogP contribution in [-0.4, -0.2) is 46.1 Å². The fourth-order valence-corrected chi connectivity index (χ4v) is 4.19. The minimum Gasteiger partial charge on any atom is -0.369 e. The van der Waals surface area contributed by atoms with Gasteiger partial charge in [0.25, 0.3) is 5.56 Å². The highest BCUT2D eigenvalue weighted by molar-refractivity contribution is 6.35. The molecule has 31 heavy (non-hydrogen) atoms. The molecule has 0 unspecified atom stereocenters. The molecule has 0 aliphatic carbocycles. The molecule has 3 aromatic rings. The lowest BCUT2D eigenvalue weighted by atomic mass is 10.1. The summed E-state index contributed by atoms with van der Waals surface area (Å²) in [7, 11) is 0. The van der Waals surface area contributed by atoms with Crippen molar-refractivity contribution in [3.63, 3.8) is 0 Å². The minimum absolute atomic E-state index is 0.102. The van der Waals surface area contributed by atoms with E-state index in [1.807, 2.05) is 6.07 Å². The van der Waals surface area contributed by atoms with Crippen LogP contribution >= 0.6 is 23.2 Å². The molecule has 2 aromatic carbocycles. The van der Waals surface area contributed by atoms with E-state index in [4.69, 9.17) is 28.9 Å². The molecule has 1 aromatic heterocycles. The maximum atomic E-state index is 12.9. The Hall–Kier alpha value is -2.61. The van der Waals surface area contributed by atoms with Gasteiger partial charge in [-0.2, -0.15) is 0 Å². The summed E-state index contributed by atoms with van der Waals surface area (Å²) < 4.78 is 1.59. The number of halogens is 2. The molecule has 1 fully saturated rings. The van der Waals surface area contributed by atoms with Crippen molar-refractivity contribution in [2.75, 3.05) is 19.6 Å². The molecular weight excluding hydrogens is 435 g/mol. The SMILES string of the molecule is C[C@@H]1CN(C(N)=Nc2ccc3c(=O)n(CCc4ccc(Cl)cc4Cl)cnc3c2)CCN1. The van der Waals surface area contributed by atoms with Crippen LogP contribution in [0.1, 0.15) is 12.5 Å². The summed E-state index contributed by atoms with van der Waals surface area (Å²) in [5, 5.41) is 5.10. The molecule has 1 atom stereocenters. The highest BCUT2D eigenvalue weighted by atomic mass is 35.5. The van der Waals surface area contributed by atoms with Gasteiger partial charge in [-0.25, -0.2) is 9.98 Å². The van der Waals surface area contributed by atoms with E-state index >= 15 is 0 Å². The molecule has 0 radical (unpaired) electrons. The molecule has 0 spiro atoms. The number of piperazine rings is 1. The van der Waals surface area contributed by atoms with Gasteiger partial charge in [-0.3, -0.25) is 9.36 Å². The zero-order chi connectivity index (χ0) is 22.0. The Balaban J connectivity index is 1.53. The standard InChI is InChI=1S/C22H24Cl2N6O/c1-14-12-29(9-7-26-14)22(25)28-17-4-5-18-20(11-17)27-13-30(21(18)31)8-6-15-2-3-16(23)10-19(15)24/h2-5,10-11,13-14,26H,6-9,12H2,1H3,(H2,25,28)/t14-/m1/s1. The largest absolute Gasteiger partial charge is 0.369 e. The molecule has 0 saturated carbocycles. The van der Waals surface area contributed by atoms with Crippen LogP contribution in [0.4, 0.5) is 5.69 Å². The van der Waals surface area contributed by atoms with Crippen LogP contribution in [0, 0.1) is 0 Å². The van der Waals surface area contributed by atoms with E-state index < -0.39 is 0 Å². The number of nitrogens with one attached hydrogen (secondary N) is 1. The third kappa shape index (κ3) is 5.01. The van der Waals surface area contributed by atoms with Crippen LogP contribution in [0.3, 0.4) is 0 Å². The minimum atomic E-state index is -0.102. The number of hydrogen-bond acceptors (Lipinski definition) is 4. The quantitative estimate of drug-likeness (QED) is 0.462. The first-order chi connectivity index (χ1) is 14.9. The predicted octanol–water partition coefficient (Wildman–Crippen LogP) is 3.19. The summed E-state index contributed by atoms with van der Waals surface area (Å²) in [6.07, 6.45) is 2.16. The number of nitrogens with zero attached hydrogens (tertiary/aromatic N) is 4. The Bertz CT molecular complexity index is 1190. The number of hydrogen-bond donors (Lipinski definition) is 2. The summed E-state index contributed by atoms with van der Waals surface area (Å²) >= 11 is 12.2. The summed E-state index contributed by atoms with van der Waals surface area (Å²) in [5.41, 5.74) is 8.29. The third-order valence-corrected chi connectivity index (χ3v) is 5.97. The topological polar surface area (TPSA) is 88.5 Å². The number of benzene rings is 2. The van der Waals surface area contributed by atoms with Gasteiger partial charge in [-0.15, -0.1) is 0 Å². The van der Waals surface area contributed by atoms with Gasteiger partial charge in [0.15, 0.2) is 5.96 Å². The molecular formula is C22H24Cl2N6O. The lowest BCUT2D eigenvalue weighted by molar-refractivity contribution is 0.301. The Morgan fingerprint density at radius 2 is 2.13 bits per heavy atom. The smallest absolute Gasteiger partial charge is 0.261 e. The van der Waals surface area contributed by atoms with Gasteiger partial charge in [0.1, 0.15) is 0 Å². The van der Waals surface area contributed by atoms with Gasteiger partial charge < -0.3 is 16.0 Å². The summed E-state index contributed by atoms with van der Waals surface area (Å²) in [6.45, 7) is 5.08. The predicted molar refractivity (Wildman–Crippen MR) is 126 cm³/mol. The van der Waals surface area contributed by atoms with Gasteiger partial charge in [-0.1, -0.05) is 29.3 Å². The first kappa shape index (κ1) is 21.6. The number of nitrogens with two attached hydrogens (primary N) is 1. The van der Waals surface area contributed by atoms with E-state index in [0.29, 0.717) is 51.6 Å². The van der Waals surface area contributed by atoms with Crippen molar-refractivity contribution in [3.8, 4) is 0 Å². The molecule has 1 aliphatic heterocycles. The van der Waals surface area contributed by atoms with Crippen molar-refractivity contribution in [2.24, 2.45) is 10.7 Å². The molecule has 0 bridgehead atoms. The average Bonchev–Trinajstić information content (AvgIpc) is 2.74. The Labute approximate surface area is 190 Å². The second-order valence-corrected chi connectivity index (χ2v) is 8.55. The Morgan fingerprint density at radius 1 is 1.29 bits per heavy atom. The third-order valence-electron chi connectivity index (χ3n) is 5.38. The number of aromatic nitrogens is 2. The van der Waals surface area contributed by atoms with E-state index in [1.165, 1.54) is 0 Å². The number of aliphatic imine (C=N–C) groups is 1. The van der Waals surface area contributed by atoms with Crippen molar-refractivity contribution >= 4 is 45.8 Å². The maximum absolute atomic E-state index is 12.9. The fraction of sp³-hybridized carbons (Fsp3) is 0.318. The van der Waals surface area contributed by atoms with Crippen LogP contribution in [0.25, 0.3) is 10.9 Å². The number of aryl methyl sites for hydroxylation is 2. The number of fused-ring (bicyclic) bond motifs is 1. The van der Waals surface area contributed by atoms with Crippen LogP contribution in [0.2, 0.25) is 10.0 Å². The number of rotatable bonds is 4. The highest BCUT2D eigenvalue weighted by Crippen LogP contribution is 2.22. The molecule has 0 amide bonds. The van der Waals surface area contributed by atoms with Crippen LogP contribution in [0.15, 0.2) is 52.5 Å². The Kier molecular flexibility index (Phi) is 6.46. The molecule has 9 heteroatoms. The molecule has 162 valence electrons. The van der Waals surface area contributed by atoms with Gasteiger partial charge in [-0.05, 0) is 49.2 Å². The fourth-order valence-electron chi connectivity index (χ4n) is 3.68. The maximum Gasteiger partial charge on any atom is 0.261 e. The molecule has 4 rings (SSSR count). The molecule has 2 heterocycles. The summed E-state index contributed by atoms with van der Waals surface area (Å²) in [6, 6.07) is 11.1. The zero-order valence-corrected chi connectivity index (χ0v) is 18.7. The highest BCUT2D eigenvalue weighted by Gasteiger charge is 2.17. The van der Waals surface area contributed by atoms with Crippen LogP contribution < -0.4 is 16.6 Å². The molecule has 7 nitrogen and oxygen atoms in total. The van der Waals surface area contributed by atoms with E-state index in [-0.39, 0.29) is 5.56 Å². The van der Waals surface area contributed by atoms with Crippen molar-refractivity contribution in [2.45, 2.75) is 25.9 Å². The Morgan fingerprint density at radius 3 is 2.90 bits per heavy atom. The average molecular weight is 459 g/mol. The zero-order valence-electron chi connectivity index (χ0n) is 17.2. The normalized spacial score (nSPS) is 17.3. The monoisotopic (exact) mass is 458 g/mol. The molecule has 1 saturated heterocycles. The van der Waals surface area contributed by atoms with Gasteiger partial charge in [0.2, 0.25) is 0 Å². The van der Waals surface area contributed by atoms with Crippen molar-refractivity contribution in [1.29, 1.82) is 0 Å². The van der Waals surface area contributed by atoms with Gasteiger partial charge in [0.05, 0.1) is 22.9 Å². The summed E-state index contributed by atoms with van der Waals surface area (Å²) in [4.78, 5) is 23.9. The number of guanidine groups is 1. The van der Waals surface area contributed by atoms with Crippen molar-refractivity contribution in [1.82, 2.24) is 19.8 Å². The lowest BCUT2D eigenvalue weighted by Crippen LogP contribution is -2.53. The van der Waals surface area contributed by atoms with E-state index in [9.17, 15) is 4.79 Å². The molecule has 3 N–H and O–H groups in total. The summed E-state index contributed by atoms with van der Waals surface area (Å²) in [5.74, 6) is 0.473. The lowest BCUT2D eigenvalue weighted by Gasteiger charge is -2.32. The second-order valence-electron chi connectivity index (χ2n) is 7.70. The van der Waals surface area contributed by atoms with Gasteiger partial charge in [0, 0.05) is 42.3 Å². The first-order valence-electron chi connectivity index (χ1n) is 10.2. The molecule has 1 aliphatic rings. The van der Waals surface area contributed by atoms with E-state index in [2.05, 4.69) is 27.1 Å². The van der Waals surface area contributed by atoms with E-state index in [0.717, 1.165) is 25.2 Å².